The Morgan fingerprint density at radius 2 is 1.72 bits per heavy atom. The molecule has 1 amide bonds. The van der Waals surface area contributed by atoms with Crippen LogP contribution in [-0.2, 0) is 14.8 Å². The maximum atomic E-state index is 12.3. The van der Waals surface area contributed by atoms with Crippen LogP contribution in [0.15, 0.2) is 47.4 Å². The zero-order chi connectivity index (χ0) is 18.6. The number of carbonyl (C=O) groups is 2. The van der Waals surface area contributed by atoms with Crippen molar-refractivity contribution < 1.29 is 22.7 Å². The van der Waals surface area contributed by atoms with E-state index in [4.69, 9.17) is 9.88 Å². The van der Waals surface area contributed by atoms with Crippen molar-refractivity contribution in [2.24, 2.45) is 5.14 Å². The molecule has 0 saturated heterocycles. The van der Waals surface area contributed by atoms with Gasteiger partial charge in [-0.15, -0.1) is 0 Å². The number of benzene rings is 2. The van der Waals surface area contributed by atoms with Crippen LogP contribution in [0.4, 0.5) is 5.69 Å². The summed E-state index contributed by atoms with van der Waals surface area (Å²) >= 11 is 0. The molecule has 8 heteroatoms. The Morgan fingerprint density at radius 3 is 2.28 bits per heavy atom. The number of hydrogen-bond acceptors (Lipinski definition) is 5. The van der Waals surface area contributed by atoms with Crippen LogP contribution >= 0.6 is 0 Å². The van der Waals surface area contributed by atoms with Gasteiger partial charge in [0.25, 0.3) is 5.91 Å². The number of ether oxygens (including phenoxy) is 1. The molecule has 2 aromatic rings. The van der Waals surface area contributed by atoms with Gasteiger partial charge in [-0.05, 0) is 61.9 Å². The molecule has 3 N–H and O–H groups in total. The van der Waals surface area contributed by atoms with Crippen molar-refractivity contribution in [3.8, 4) is 0 Å². The minimum atomic E-state index is -3.91. The Hall–Kier alpha value is -2.71. The van der Waals surface area contributed by atoms with E-state index in [0.29, 0.717) is 16.8 Å². The van der Waals surface area contributed by atoms with E-state index in [1.54, 1.807) is 32.0 Å². The molecule has 0 aliphatic rings. The summed E-state index contributed by atoms with van der Waals surface area (Å²) in [5.74, 6) is -0.936. The summed E-state index contributed by atoms with van der Waals surface area (Å²) < 4.78 is 27.8. The van der Waals surface area contributed by atoms with Gasteiger partial charge >= 0.3 is 5.97 Å². The zero-order valence-corrected chi connectivity index (χ0v) is 14.6. The predicted molar refractivity (Wildman–Crippen MR) is 92.9 cm³/mol. The molecule has 0 unspecified atom stereocenters. The monoisotopic (exact) mass is 362 g/mol. The number of carbonyl (C=O) groups excluding carboxylic acids is 2. The molecule has 25 heavy (non-hydrogen) atoms. The van der Waals surface area contributed by atoms with E-state index in [0.717, 1.165) is 0 Å². The molecule has 2 aromatic carbocycles. The zero-order valence-electron chi connectivity index (χ0n) is 13.8. The molecule has 7 nitrogen and oxygen atoms in total. The summed E-state index contributed by atoms with van der Waals surface area (Å²) in [6.45, 7) is 3.65. The topological polar surface area (TPSA) is 116 Å². The first-order valence-electron chi connectivity index (χ1n) is 7.43. The summed E-state index contributed by atoms with van der Waals surface area (Å²) in [7, 11) is -3.91. The number of nitrogens with one attached hydrogen (secondary N) is 1. The predicted octanol–water partition coefficient (Wildman–Crippen LogP) is 2.07. The second-order valence-corrected chi connectivity index (χ2v) is 6.89. The molecule has 0 aromatic heterocycles. The van der Waals surface area contributed by atoms with Crippen LogP contribution < -0.4 is 10.5 Å². The molecule has 0 fully saturated rings. The molecule has 0 radical (unpaired) electrons. The summed E-state index contributed by atoms with van der Waals surface area (Å²) in [6.07, 6.45) is 0. The lowest BCUT2D eigenvalue weighted by Crippen LogP contribution is -2.16. The van der Waals surface area contributed by atoms with Gasteiger partial charge in [0, 0.05) is 11.3 Å². The molecule has 0 aliphatic heterocycles. The van der Waals surface area contributed by atoms with Gasteiger partial charge in [-0.1, -0.05) is 0 Å². The highest BCUT2D eigenvalue weighted by Crippen LogP contribution is 2.16. The van der Waals surface area contributed by atoms with Crippen LogP contribution in [0, 0.1) is 6.92 Å². The standard InChI is InChI=1S/C17H18N2O5S/c1-3-24-17(21)12-4-6-14(7-5-12)19-16(20)13-8-11(2)9-15(10-13)25(18,22)23/h4-10H,3H2,1-2H3,(H,19,20)(H2,18,22,23). The fraction of sp³-hybridized carbons (Fsp3) is 0.176. The van der Waals surface area contributed by atoms with Crippen LogP contribution in [0.5, 0.6) is 0 Å². The third kappa shape index (κ3) is 4.88. The number of aryl methyl sites for hydroxylation is 1. The van der Waals surface area contributed by atoms with Crippen LogP contribution in [0.1, 0.15) is 33.2 Å². The number of hydrogen-bond donors (Lipinski definition) is 2. The molecular formula is C17H18N2O5S. The molecule has 0 bridgehead atoms. The summed E-state index contributed by atoms with van der Waals surface area (Å²) in [4.78, 5) is 23.8. The minimum Gasteiger partial charge on any atom is -0.462 e. The van der Waals surface area contributed by atoms with E-state index in [-0.39, 0.29) is 17.1 Å². The van der Waals surface area contributed by atoms with E-state index in [9.17, 15) is 18.0 Å². The summed E-state index contributed by atoms with van der Waals surface area (Å²) in [5, 5.41) is 7.75. The highest BCUT2D eigenvalue weighted by Gasteiger charge is 2.14. The Kier molecular flexibility index (Phi) is 5.55. The number of sulfonamides is 1. The summed E-state index contributed by atoms with van der Waals surface area (Å²) in [6, 6.07) is 10.3. The van der Waals surface area contributed by atoms with E-state index in [1.807, 2.05) is 0 Å². The second kappa shape index (κ2) is 7.45. The van der Waals surface area contributed by atoms with Gasteiger partial charge in [0.15, 0.2) is 0 Å². The van der Waals surface area contributed by atoms with Crippen LogP contribution in [0.2, 0.25) is 0 Å². The van der Waals surface area contributed by atoms with Crippen molar-refractivity contribution in [3.05, 3.63) is 59.2 Å². The Bertz CT molecular complexity index is 905. The molecule has 0 heterocycles. The van der Waals surface area contributed by atoms with Crippen molar-refractivity contribution in [1.82, 2.24) is 0 Å². The number of nitrogens with two attached hydrogens (primary N) is 1. The average Bonchev–Trinajstić information content (AvgIpc) is 2.54. The first-order chi connectivity index (χ1) is 11.7. The third-order valence-corrected chi connectivity index (χ3v) is 4.19. The maximum Gasteiger partial charge on any atom is 0.338 e. The molecule has 0 atom stereocenters. The number of anilines is 1. The summed E-state index contributed by atoms with van der Waals surface area (Å²) in [5.41, 5.74) is 1.58. The van der Waals surface area contributed by atoms with Crippen molar-refractivity contribution in [2.75, 3.05) is 11.9 Å². The molecule has 132 valence electrons. The highest BCUT2D eigenvalue weighted by molar-refractivity contribution is 7.89. The SMILES string of the molecule is CCOC(=O)c1ccc(NC(=O)c2cc(C)cc(S(N)(=O)=O)c2)cc1. The van der Waals surface area contributed by atoms with Crippen molar-refractivity contribution in [2.45, 2.75) is 18.7 Å². The van der Waals surface area contributed by atoms with Gasteiger partial charge in [0.2, 0.25) is 10.0 Å². The largest absolute Gasteiger partial charge is 0.462 e. The lowest BCUT2D eigenvalue weighted by atomic mass is 10.1. The van der Waals surface area contributed by atoms with Crippen LogP contribution in [0.25, 0.3) is 0 Å². The van der Waals surface area contributed by atoms with E-state index >= 15 is 0 Å². The van der Waals surface area contributed by atoms with Gasteiger partial charge in [0.1, 0.15) is 0 Å². The maximum absolute atomic E-state index is 12.3. The van der Waals surface area contributed by atoms with Crippen molar-refractivity contribution in [3.63, 3.8) is 0 Å². The van der Waals surface area contributed by atoms with Crippen LogP contribution in [0.3, 0.4) is 0 Å². The normalized spacial score (nSPS) is 11.0. The number of rotatable bonds is 5. The van der Waals surface area contributed by atoms with E-state index < -0.39 is 21.9 Å². The number of esters is 1. The lowest BCUT2D eigenvalue weighted by molar-refractivity contribution is 0.0526. The minimum absolute atomic E-state index is 0.129. The lowest BCUT2D eigenvalue weighted by Gasteiger charge is -2.09. The quantitative estimate of drug-likeness (QED) is 0.790. The van der Waals surface area contributed by atoms with Crippen LogP contribution in [-0.4, -0.2) is 26.9 Å². The Balaban J connectivity index is 2.20. The highest BCUT2D eigenvalue weighted by atomic mass is 32.2. The Labute approximate surface area is 145 Å². The second-order valence-electron chi connectivity index (χ2n) is 5.33. The van der Waals surface area contributed by atoms with E-state index in [1.165, 1.54) is 24.3 Å². The van der Waals surface area contributed by atoms with Gasteiger partial charge in [-0.3, -0.25) is 4.79 Å². The van der Waals surface area contributed by atoms with Gasteiger partial charge in [-0.25, -0.2) is 18.4 Å². The van der Waals surface area contributed by atoms with Gasteiger partial charge in [-0.2, -0.15) is 0 Å². The molecule has 2 rings (SSSR count). The molecular weight excluding hydrogens is 344 g/mol. The number of amides is 1. The first kappa shape index (κ1) is 18.6. The molecule has 0 aliphatic carbocycles. The molecule has 0 saturated carbocycles. The fourth-order valence-electron chi connectivity index (χ4n) is 2.15. The van der Waals surface area contributed by atoms with E-state index in [2.05, 4.69) is 5.32 Å². The van der Waals surface area contributed by atoms with Gasteiger partial charge in [0.05, 0.1) is 17.1 Å². The first-order valence-corrected chi connectivity index (χ1v) is 8.98. The van der Waals surface area contributed by atoms with Crippen molar-refractivity contribution in [1.29, 1.82) is 0 Å². The van der Waals surface area contributed by atoms with Gasteiger partial charge < -0.3 is 10.1 Å². The third-order valence-electron chi connectivity index (χ3n) is 3.30. The number of primary sulfonamides is 1. The fourth-order valence-corrected chi connectivity index (χ4v) is 2.79. The Morgan fingerprint density at radius 1 is 1.08 bits per heavy atom. The molecule has 0 spiro atoms. The van der Waals surface area contributed by atoms with Crippen molar-refractivity contribution >= 4 is 27.6 Å². The smallest absolute Gasteiger partial charge is 0.338 e. The average molecular weight is 362 g/mol.